The van der Waals surface area contributed by atoms with Gasteiger partial charge in [-0.3, -0.25) is 9.59 Å². The fraction of sp³-hybridized carbons (Fsp3) is 0.167. The Morgan fingerprint density at radius 2 is 1.88 bits per heavy atom. The molecule has 2 aromatic heterocycles. The van der Waals surface area contributed by atoms with Crippen LogP contribution in [0.2, 0.25) is 0 Å². The van der Waals surface area contributed by atoms with Crippen LogP contribution in [0.15, 0.2) is 47.2 Å². The van der Waals surface area contributed by atoms with E-state index in [9.17, 15) is 9.59 Å². The first-order valence-corrected chi connectivity index (χ1v) is 9.27. The first kappa shape index (κ1) is 16.5. The van der Waals surface area contributed by atoms with E-state index in [4.69, 9.17) is 0 Å². The predicted molar refractivity (Wildman–Crippen MR) is 98.8 cm³/mol. The maximum absolute atomic E-state index is 12.0. The summed E-state index contributed by atoms with van der Waals surface area (Å²) in [5.41, 5.74) is 2.68. The lowest BCUT2D eigenvalue weighted by atomic mass is 10.1. The van der Waals surface area contributed by atoms with Gasteiger partial charge in [0.05, 0.1) is 15.6 Å². The molecule has 0 unspecified atom stereocenters. The van der Waals surface area contributed by atoms with E-state index in [0.717, 1.165) is 22.0 Å². The topological polar surface area (TPSA) is 59.1 Å². The van der Waals surface area contributed by atoms with Crippen molar-refractivity contribution < 1.29 is 9.59 Å². The molecule has 0 aliphatic heterocycles. The van der Waals surface area contributed by atoms with Crippen molar-refractivity contribution in [2.24, 2.45) is 0 Å². The largest absolute Gasteiger partial charge is 0.326 e. The number of aromatic nitrogens is 1. The molecule has 6 heteroatoms. The third kappa shape index (κ3) is 4.15. The summed E-state index contributed by atoms with van der Waals surface area (Å²) in [6, 6.07) is 11.2. The highest BCUT2D eigenvalue weighted by Crippen LogP contribution is 2.23. The van der Waals surface area contributed by atoms with E-state index in [2.05, 4.69) is 10.3 Å². The van der Waals surface area contributed by atoms with Gasteiger partial charge >= 0.3 is 0 Å². The van der Waals surface area contributed by atoms with E-state index >= 15 is 0 Å². The molecule has 0 spiro atoms. The van der Waals surface area contributed by atoms with Gasteiger partial charge in [-0.25, -0.2) is 4.98 Å². The highest BCUT2D eigenvalue weighted by molar-refractivity contribution is 7.12. The monoisotopic (exact) mass is 356 g/mol. The number of hydrogen-bond donors (Lipinski definition) is 1. The Balaban J connectivity index is 1.54. The molecule has 3 rings (SSSR count). The Morgan fingerprint density at radius 3 is 2.50 bits per heavy atom. The van der Waals surface area contributed by atoms with Gasteiger partial charge in [0.15, 0.2) is 5.78 Å². The molecule has 0 atom stereocenters. The number of anilines is 1. The van der Waals surface area contributed by atoms with E-state index in [1.54, 1.807) is 17.4 Å². The van der Waals surface area contributed by atoms with Crippen LogP contribution in [0.5, 0.6) is 0 Å². The summed E-state index contributed by atoms with van der Waals surface area (Å²) >= 11 is 3.01. The van der Waals surface area contributed by atoms with E-state index in [0.29, 0.717) is 4.88 Å². The first-order valence-electron chi connectivity index (χ1n) is 7.51. The molecule has 0 saturated heterocycles. The zero-order chi connectivity index (χ0) is 16.9. The second-order valence-corrected chi connectivity index (χ2v) is 7.29. The van der Waals surface area contributed by atoms with Gasteiger partial charge in [0.1, 0.15) is 0 Å². The number of benzene rings is 1. The van der Waals surface area contributed by atoms with E-state index in [1.807, 2.05) is 48.0 Å². The Morgan fingerprint density at radius 1 is 1.08 bits per heavy atom. The maximum atomic E-state index is 12.0. The molecular formula is C18H16N2O2S2. The average molecular weight is 356 g/mol. The number of carbonyl (C=O) groups is 2. The van der Waals surface area contributed by atoms with Crippen molar-refractivity contribution in [1.82, 2.24) is 4.98 Å². The molecule has 24 heavy (non-hydrogen) atoms. The fourth-order valence-corrected chi connectivity index (χ4v) is 3.55. The molecule has 1 aromatic carbocycles. The van der Waals surface area contributed by atoms with Crippen LogP contribution in [0.4, 0.5) is 5.69 Å². The van der Waals surface area contributed by atoms with E-state index in [-0.39, 0.29) is 24.5 Å². The number of amides is 1. The number of thiazole rings is 1. The number of aryl methyl sites for hydroxylation is 1. The van der Waals surface area contributed by atoms with Gasteiger partial charge in [-0.2, -0.15) is 0 Å². The number of rotatable bonds is 6. The van der Waals surface area contributed by atoms with Gasteiger partial charge in [-0.05, 0) is 30.5 Å². The molecule has 0 fully saturated rings. The summed E-state index contributed by atoms with van der Waals surface area (Å²) in [7, 11) is 0. The van der Waals surface area contributed by atoms with Crippen LogP contribution in [0, 0.1) is 6.92 Å². The zero-order valence-electron chi connectivity index (χ0n) is 13.1. The summed E-state index contributed by atoms with van der Waals surface area (Å²) in [5.74, 6) is -0.147. The first-order chi connectivity index (χ1) is 11.6. The predicted octanol–water partition coefficient (Wildman–Crippen LogP) is 4.78. The number of nitrogens with zero attached hydrogens (tertiary/aromatic N) is 1. The fourth-order valence-electron chi connectivity index (χ4n) is 2.23. The van der Waals surface area contributed by atoms with Crippen LogP contribution >= 0.6 is 22.7 Å². The van der Waals surface area contributed by atoms with Crippen LogP contribution in [0.3, 0.4) is 0 Å². The van der Waals surface area contributed by atoms with Crippen LogP contribution < -0.4 is 5.32 Å². The van der Waals surface area contributed by atoms with Crippen molar-refractivity contribution in [1.29, 1.82) is 0 Å². The number of ketones is 1. The van der Waals surface area contributed by atoms with E-state index < -0.39 is 0 Å². The molecule has 0 bridgehead atoms. The van der Waals surface area contributed by atoms with Gasteiger partial charge in [0, 0.05) is 29.5 Å². The SMILES string of the molecule is Cc1nc(-c2ccc(NC(=O)CCC(=O)c3cccs3)cc2)cs1. The Bertz CT molecular complexity index is 836. The van der Waals surface area contributed by atoms with Crippen LogP contribution in [0.1, 0.15) is 27.5 Å². The molecule has 0 saturated carbocycles. The summed E-state index contributed by atoms with van der Waals surface area (Å²) < 4.78 is 0. The van der Waals surface area contributed by atoms with Gasteiger partial charge in [0.2, 0.25) is 5.91 Å². The highest BCUT2D eigenvalue weighted by atomic mass is 32.1. The third-order valence-electron chi connectivity index (χ3n) is 3.46. The van der Waals surface area contributed by atoms with Gasteiger partial charge in [-0.1, -0.05) is 18.2 Å². The number of hydrogen-bond acceptors (Lipinski definition) is 5. The van der Waals surface area contributed by atoms with Crippen LogP contribution in [0.25, 0.3) is 11.3 Å². The zero-order valence-corrected chi connectivity index (χ0v) is 14.7. The quantitative estimate of drug-likeness (QED) is 0.647. The smallest absolute Gasteiger partial charge is 0.224 e. The minimum atomic E-state index is -0.155. The average Bonchev–Trinajstić information content (AvgIpc) is 3.25. The highest BCUT2D eigenvalue weighted by Gasteiger charge is 2.10. The van der Waals surface area contributed by atoms with Crippen LogP contribution in [-0.2, 0) is 4.79 Å². The normalized spacial score (nSPS) is 10.5. The lowest BCUT2D eigenvalue weighted by Crippen LogP contribution is -2.13. The Labute approximate surface area is 148 Å². The van der Waals surface area contributed by atoms with Gasteiger partial charge < -0.3 is 5.32 Å². The van der Waals surface area contributed by atoms with Crippen molar-refractivity contribution in [3.05, 3.63) is 57.0 Å². The standard InChI is InChI=1S/C18H16N2O2S2/c1-12-19-15(11-24-12)13-4-6-14(7-5-13)20-18(22)9-8-16(21)17-3-2-10-23-17/h2-7,10-11H,8-9H2,1H3,(H,20,22). The van der Waals surface area contributed by atoms with Crippen molar-refractivity contribution in [2.75, 3.05) is 5.32 Å². The summed E-state index contributed by atoms with van der Waals surface area (Å²) in [4.78, 5) is 29.0. The van der Waals surface area contributed by atoms with Gasteiger partial charge in [-0.15, -0.1) is 22.7 Å². The molecule has 122 valence electrons. The van der Waals surface area contributed by atoms with Gasteiger partial charge in [0.25, 0.3) is 0 Å². The molecule has 1 N–H and O–H groups in total. The van der Waals surface area contributed by atoms with Crippen molar-refractivity contribution in [3.63, 3.8) is 0 Å². The lowest BCUT2D eigenvalue weighted by Gasteiger charge is -2.05. The molecule has 3 aromatic rings. The van der Waals surface area contributed by atoms with E-state index in [1.165, 1.54) is 11.3 Å². The summed E-state index contributed by atoms with van der Waals surface area (Å²) in [6.45, 7) is 1.97. The Hall–Kier alpha value is -2.31. The molecule has 4 nitrogen and oxygen atoms in total. The summed E-state index contributed by atoms with van der Waals surface area (Å²) in [5, 5.41) is 7.72. The number of nitrogens with one attached hydrogen (secondary N) is 1. The lowest BCUT2D eigenvalue weighted by molar-refractivity contribution is -0.116. The Kier molecular flexibility index (Phi) is 5.17. The molecular weight excluding hydrogens is 340 g/mol. The summed E-state index contributed by atoms with van der Waals surface area (Å²) in [6.07, 6.45) is 0.409. The number of thiophene rings is 1. The van der Waals surface area contributed by atoms with Crippen molar-refractivity contribution in [2.45, 2.75) is 19.8 Å². The minimum Gasteiger partial charge on any atom is -0.326 e. The molecule has 0 aliphatic carbocycles. The number of Topliss-reactive ketones (excluding diaryl/α,β-unsaturated/α-hetero) is 1. The number of carbonyl (C=O) groups excluding carboxylic acids is 2. The molecule has 0 aliphatic rings. The maximum Gasteiger partial charge on any atom is 0.224 e. The molecule has 2 heterocycles. The molecule has 1 amide bonds. The third-order valence-corrected chi connectivity index (χ3v) is 5.14. The second-order valence-electron chi connectivity index (χ2n) is 5.28. The van der Waals surface area contributed by atoms with Crippen LogP contribution in [-0.4, -0.2) is 16.7 Å². The molecule has 0 radical (unpaired) electrons. The minimum absolute atomic E-state index is 0.00870. The second kappa shape index (κ2) is 7.51. The van der Waals surface area contributed by atoms with Crippen molar-refractivity contribution in [3.8, 4) is 11.3 Å². The van der Waals surface area contributed by atoms with Crippen molar-refractivity contribution >= 4 is 40.1 Å².